The van der Waals surface area contributed by atoms with Gasteiger partial charge in [0, 0.05) is 22.7 Å². The second-order valence-electron chi connectivity index (χ2n) is 9.70. The molecule has 0 aliphatic carbocycles. The van der Waals surface area contributed by atoms with Crippen LogP contribution in [0, 0.1) is 13.8 Å². The van der Waals surface area contributed by atoms with Gasteiger partial charge in [0.15, 0.2) is 0 Å². The molecule has 0 fully saturated rings. The summed E-state index contributed by atoms with van der Waals surface area (Å²) >= 11 is 0. The lowest BCUT2D eigenvalue weighted by Crippen LogP contribution is -2.16. The monoisotopic (exact) mass is 556 g/mol. The van der Waals surface area contributed by atoms with E-state index in [0.29, 0.717) is 5.56 Å². The minimum Gasteiger partial charge on any atom is -0.422 e. The Labute approximate surface area is 243 Å². The quantitative estimate of drug-likeness (QED) is 0.114. The van der Waals surface area contributed by atoms with Crippen LogP contribution in [0.25, 0.3) is 0 Å². The van der Waals surface area contributed by atoms with Crippen molar-refractivity contribution in [1.82, 2.24) is 0 Å². The topological polar surface area (TPSA) is 93.7 Å². The van der Waals surface area contributed by atoms with Crippen LogP contribution >= 0.6 is 0 Å². The summed E-state index contributed by atoms with van der Waals surface area (Å²) in [5.41, 5.74) is 6.17. The normalized spacial score (nSPS) is 10.4. The third kappa shape index (κ3) is 7.08. The number of carbonyl (C=O) groups excluding carboxylic acids is 3. The Morgan fingerprint density at radius 2 is 0.881 bits per heavy atom. The van der Waals surface area contributed by atoms with Crippen molar-refractivity contribution in [3.8, 4) is 5.75 Å². The van der Waals surface area contributed by atoms with E-state index in [0.717, 1.165) is 33.9 Å². The highest BCUT2D eigenvalue weighted by molar-refractivity contribution is 6.04. The smallest absolute Gasteiger partial charge is 0.349 e. The van der Waals surface area contributed by atoms with Crippen molar-refractivity contribution >= 4 is 40.7 Å². The fourth-order valence-corrected chi connectivity index (χ4v) is 4.07. The Morgan fingerprint density at radius 1 is 0.476 bits per heavy atom. The van der Waals surface area contributed by atoms with E-state index in [9.17, 15) is 14.4 Å². The molecule has 0 aliphatic heterocycles. The summed E-state index contributed by atoms with van der Waals surface area (Å²) < 4.78 is 10.6. The van der Waals surface area contributed by atoms with Crippen molar-refractivity contribution in [2.75, 3.05) is 10.6 Å². The van der Waals surface area contributed by atoms with Crippen LogP contribution in [0.5, 0.6) is 5.75 Å². The fourth-order valence-electron chi connectivity index (χ4n) is 4.07. The first kappa shape index (κ1) is 27.9. The number of para-hydroxylation sites is 1. The van der Waals surface area contributed by atoms with Crippen LogP contribution in [0.2, 0.25) is 0 Å². The Balaban J connectivity index is 1.20. The average molecular weight is 557 g/mol. The highest BCUT2D eigenvalue weighted by Gasteiger charge is 2.21. The molecular weight excluding hydrogens is 528 g/mol. The second-order valence-corrected chi connectivity index (χ2v) is 9.70. The van der Waals surface area contributed by atoms with Crippen molar-refractivity contribution in [2.24, 2.45) is 0 Å². The summed E-state index contributed by atoms with van der Waals surface area (Å²) in [4.78, 5) is 38.4. The first-order valence-corrected chi connectivity index (χ1v) is 13.3. The van der Waals surface area contributed by atoms with Gasteiger partial charge in [0.1, 0.15) is 11.3 Å². The molecule has 0 radical (unpaired) electrons. The summed E-state index contributed by atoms with van der Waals surface area (Å²) in [6, 6.07) is 35.3. The molecule has 5 aromatic carbocycles. The lowest BCUT2D eigenvalue weighted by Gasteiger charge is -2.11. The van der Waals surface area contributed by atoms with Gasteiger partial charge in [-0.1, -0.05) is 47.5 Å². The molecule has 0 spiro atoms. The number of esters is 3. The number of carbonyl (C=O) groups is 3. The summed E-state index contributed by atoms with van der Waals surface area (Å²) in [5.74, 6) is -2.41. The first-order valence-electron chi connectivity index (χ1n) is 13.3. The zero-order chi connectivity index (χ0) is 29.5. The molecular formula is C35H28N2O5. The molecule has 0 unspecified atom stereocenters. The number of nitrogens with one attached hydrogen (secondary N) is 2. The number of hydrogen-bond donors (Lipinski definition) is 2. The van der Waals surface area contributed by atoms with E-state index in [1.807, 2.05) is 62.4 Å². The summed E-state index contributed by atoms with van der Waals surface area (Å²) in [6.45, 7) is 4.03. The summed E-state index contributed by atoms with van der Waals surface area (Å²) in [7, 11) is 0. The van der Waals surface area contributed by atoms with Crippen LogP contribution in [-0.4, -0.2) is 17.9 Å². The molecule has 0 bridgehead atoms. The number of hydrogen-bond acceptors (Lipinski definition) is 7. The van der Waals surface area contributed by atoms with Crippen molar-refractivity contribution < 1.29 is 23.9 Å². The number of anilines is 4. The Bertz CT molecular complexity index is 1710. The average Bonchev–Trinajstić information content (AvgIpc) is 3.00. The molecule has 0 aliphatic rings. The summed E-state index contributed by atoms with van der Waals surface area (Å²) in [5, 5.41) is 6.52. The van der Waals surface area contributed by atoms with Gasteiger partial charge in [-0.05, 0) is 98.8 Å². The highest BCUT2D eigenvalue weighted by Crippen LogP contribution is 2.23. The van der Waals surface area contributed by atoms with Crippen LogP contribution in [-0.2, 0) is 4.74 Å². The zero-order valence-electron chi connectivity index (χ0n) is 23.1. The lowest BCUT2D eigenvalue weighted by molar-refractivity contribution is 0.0396. The minimum atomic E-state index is -0.928. The predicted octanol–water partition coefficient (Wildman–Crippen LogP) is 8.01. The third-order valence-corrected chi connectivity index (χ3v) is 6.42. The van der Waals surface area contributed by atoms with E-state index < -0.39 is 17.9 Å². The SMILES string of the molecule is Cc1ccc(Nc2ccc(C(=O)OC(=O)c3ccccc3OC(=O)c3ccc(Nc4ccc(C)cc4)cc3)cc2)cc1. The first-order chi connectivity index (χ1) is 20.3. The van der Waals surface area contributed by atoms with Crippen LogP contribution in [0.1, 0.15) is 42.2 Å². The van der Waals surface area contributed by atoms with E-state index in [1.165, 1.54) is 12.1 Å². The second kappa shape index (κ2) is 12.7. The van der Waals surface area contributed by atoms with Gasteiger partial charge in [-0.2, -0.15) is 0 Å². The summed E-state index contributed by atoms with van der Waals surface area (Å²) in [6.07, 6.45) is 0. The maximum absolute atomic E-state index is 12.9. The van der Waals surface area contributed by atoms with Gasteiger partial charge < -0.3 is 20.1 Å². The Hall–Kier alpha value is -5.69. The molecule has 0 aromatic heterocycles. The minimum absolute atomic E-state index is 0.0141. The molecule has 0 heterocycles. The van der Waals surface area contributed by atoms with Crippen molar-refractivity contribution in [3.05, 3.63) is 149 Å². The van der Waals surface area contributed by atoms with Crippen LogP contribution in [0.3, 0.4) is 0 Å². The molecule has 7 heteroatoms. The number of ether oxygens (including phenoxy) is 2. The molecule has 0 atom stereocenters. The zero-order valence-corrected chi connectivity index (χ0v) is 23.1. The fraction of sp³-hybridized carbons (Fsp3) is 0.0571. The molecule has 0 saturated heterocycles. The van der Waals surface area contributed by atoms with E-state index in [2.05, 4.69) is 10.6 Å². The van der Waals surface area contributed by atoms with E-state index in [1.54, 1.807) is 60.7 Å². The predicted molar refractivity (Wildman–Crippen MR) is 163 cm³/mol. The lowest BCUT2D eigenvalue weighted by atomic mass is 10.1. The largest absolute Gasteiger partial charge is 0.422 e. The Kier molecular flexibility index (Phi) is 8.40. The third-order valence-electron chi connectivity index (χ3n) is 6.42. The maximum atomic E-state index is 12.9. The van der Waals surface area contributed by atoms with Crippen molar-refractivity contribution in [3.63, 3.8) is 0 Å². The number of aryl methyl sites for hydroxylation is 2. The van der Waals surface area contributed by atoms with Gasteiger partial charge >= 0.3 is 17.9 Å². The molecule has 208 valence electrons. The molecule has 42 heavy (non-hydrogen) atoms. The highest BCUT2D eigenvalue weighted by atomic mass is 16.6. The van der Waals surface area contributed by atoms with E-state index in [-0.39, 0.29) is 16.9 Å². The van der Waals surface area contributed by atoms with Crippen LogP contribution in [0.15, 0.2) is 121 Å². The van der Waals surface area contributed by atoms with E-state index in [4.69, 9.17) is 9.47 Å². The van der Waals surface area contributed by atoms with Gasteiger partial charge in [0.25, 0.3) is 0 Å². The van der Waals surface area contributed by atoms with Gasteiger partial charge in [0.2, 0.25) is 0 Å². The molecule has 2 N–H and O–H groups in total. The number of benzene rings is 5. The van der Waals surface area contributed by atoms with Crippen LogP contribution < -0.4 is 15.4 Å². The molecule has 0 amide bonds. The van der Waals surface area contributed by atoms with Gasteiger partial charge in [-0.15, -0.1) is 0 Å². The van der Waals surface area contributed by atoms with Gasteiger partial charge in [0.05, 0.1) is 11.1 Å². The van der Waals surface area contributed by atoms with Crippen molar-refractivity contribution in [2.45, 2.75) is 13.8 Å². The van der Waals surface area contributed by atoms with E-state index >= 15 is 0 Å². The van der Waals surface area contributed by atoms with Crippen LogP contribution in [0.4, 0.5) is 22.7 Å². The standard InChI is InChI=1S/C35H28N2O5/c1-23-7-15-27(16-8-23)36-29-19-11-25(12-20-29)33(38)41-32-6-4-3-5-31(32)35(40)42-34(39)26-13-21-30(22-14-26)37-28-17-9-24(2)10-18-28/h3-22,36-37H,1-2H3. The molecule has 7 nitrogen and oxygen atoms in total. The molecule has 0 saturated carbocycles. The van der Waals surface area contributed by atoms with Crippen molar-refractivity contribution in [1.29, 1.82) is 0 Å². The molecule has 5 aromatic rings. The maximum Gasteiger partial charge on any atom is 0.349 e. The molecule has 5 rings (SSSR count). The van der Waals surface area contributed by atoms with Gasteiger partial charge in [-0.3, -0.25) is 0 Å². The van der Waals surface area contributed by atoms with Gasteiger partial charge in [-0.25, -0.2) is 14.4 Å². The Morgan fingerprint density at radius 3 is 1.36 bits per heavy atom. The number of rotatable bonds is 8.